The molecule has 0 amide bonds. The van der Waals surface area contributed by atoms with Crippen LogP contribution in [0.5, 0.6) is 0 Å². The Hall–Kier alpha value is -1.90. The Morgan fingerprint density at radius 3 is 2.88 bits per heavy atom. The van der Waals surface area contributed by atoms with E-state index in [9.17, 15) is 4.79 Å². The van der Waals surface area contributed by atoms with E-state index in [2.05, 4.69) is 4.98 Å². The third kappa shape index (κ3) is 2.28. The van der Waals surface area contributed by atoms with Crippen LogP contribution in [0.4, 0.5) is 0 Å². The quantitative estimate of drug-likeness (QED) is 0.598. The fourth-order valence-electron chi connectivity index (χ4n) is 2.03. The first kappa shape index (κ1) is 11.6. The smallest absolute Gasteiger partial charge is 0.182 e. The van der Waals surface area contributed by atoms with Crippen LogP contribution in [0.2, 0.25) is 0 Å². The van der Waals surface area contributed by atoms with Crippen molar-refractivity contribution in [3.63, 3.8) is 0 Å². The molecule has 2 N–H and O–H groups in total. The van der Waals surface area contributed by atoms with Crippen molar-refractivity contribution in [2.24, 2.45) is 5.92 Å². The van der Waals surface area contributed by atoms with E-state index in [1.165, 1.54) is 6.21 Å². The molecule has 2 rings (SSSR count). The molecule has 1 heterocycles. The number of Topliss-reactive ketones (excluding diaryl/α,β-unsaturated/α-hetero) is 1. The van der Waals surface area contributed by atoms with E-state index >= 15 is 0 Å². The number of rotatable bonds is 5. The highest BCUT2D eigenvalue weighted by Crippen LogP contribution is 2.19. The molecule has 0 aliphatic heterocycles. The lowest BCUT2D eigenvalue weighted by atomic mass is 9.96. The molecule has 0 fully saturated rings. The van der Waals surface area contributed by atoms with E-state index in [1.54, 1.807) is 0 Å². The summed E-state index contributed by atoms with van der Waals surface area (Å²) in [5.74, 6) is 0.0211. The van der Waals surface area contributed by atoms with Crippen LogP contribution < -0.4 is 0 Å². The summed E-state index contributed by atoms with van der Waals surface area (Å²) >= 11 is 0. The number of para-hydroxylation sites is 1. The van der Waals surface area contributed by atoms with Gasteiger partial charge in [-0.05, 0) is 31.2 Å². The van der Waals surface area contributed by atoms with E-state index in [1.807, 2.05) is 37.3 Å². The third-order valence-electron chi connectivity index (χ3n) is 3.06. The number of carbonyl (C=O) groups excluding carboxylic acids is 1. The van der Waals surface area contributed by atoms with Gasteiger partial charge in [-0.25, -0.2) is 0 Å². The zero-order chi connectivity index (χ0) is 12.3. The Kier molecular flexibility index (Phi) is 3.38. The molecule has 0 spiro atoms. The number of H-pyrrole nitrogens is 1. The van der Waals surface area contributed by atoms with Gasteiger partial charge in [-0.1, -0.05) is 25.1 Å². The topological polar surface area (TPSA) is 56.7 Å². The number of aromatic nitrogens is 1. The molecule has 1 aromatic carbocycles. The summed E-state index contributed by atoms with van der Waals surface area (Å²) < 4.78 is 0. The number of nitrogens with one attached hydrogen (secondary N) is 2. The highest BCUT2D eigenvalue weighted by atomic mass is 16.1. The minimum Gasteiger partial charge on any atom is -0.352 e. The van der Waals surface area contributed by atoms with Crippen LogP contribution in [0.1, 0.15) is 30.3 Å². The molecular formula is C14H16N2O. The molecule has 0 aliphatic carbocycles. The Morgan fingerprint density at radius 1 is 1.47 bits per heavy atom. The van der Waals surface area contributed by atoms with E-state index in [4.69, 9.17) is 5.41 Å². The van der Waals surface area contributed by atoms with Gasteiger partial charge in [0.05, 0.1) is 5.69 Å². The van der Waals surface area contributed by atoms with Crippen LogP contribution in [0.15, 0.2) is 30.3 Å². The number of aromatic amines is 1. The number of ketones is 1. The Morgan fingerprint density at radius 2 is 2.24 bits per heavy atom. The van der Waals surface area contributed by atoms with Crippen molar-refractivity contribution in [1.82, 2.24) is 4.98 Å². The summed E-state index contributed by atoms with van der Waals surface area (Å²) in [6.07, 6.45) is 2.60. The highest BCUT2D eigenvalue weighted by molar-refractivity contribution is 6.01. The van der Waals surface area contributed by atoms with Gasteiger partial charge in [0.2, 0.25) is 0 Å². The molecule has 1 atom stereocenters. The lowest BCUT2D eigenvalue weighted by Crippen LogP contribution is -2.14. The molecule has 3 nitrogen and oxygen atoms in total. The van der Waals surface area contributed by atoms with Crippen molar-refractivity contribution in [2.45, 2.75) is 19.8 Å². The normalized spacial score (nSPS) is 12.5. The average Bonchev–Trinajstić information content (AvgIpc) is 2.78. The molecule has 1 unspecified atom stereocenters. The molecule has 0 aliphatic rings. The number of hydrogen-bond acceptors (Lipinski definition) is 2. The summed E-state index contributed by atoms with van der Waals surface area (Å²) in [7, 11) is 0. The van der Waals surface area contributed by atoms with Gasteiger partial charge >= 0.3 is 0 Å². The van der Waals surface area contributed by atoms with Crippen molar-refractivity contribution in [1.29, 1.82) is 5.41 Å². The average molecular weight is 228 g/mol. The largest absolute Gasteiger partial charge is 0.352 e. The minimum atomic E-state index is -0.0828. The first-order valence-electron chi connectivity index (χ1n) is 5.87. The monoisotopic (exact) mass is 228 g/mol. The van der Waals surface area contributed by atoms with E-state index < -0.39 is 0 Å². The fraction of sp³-hybridized carbons (Fsp3) is 0.286. The molecule has 0 saturated heterocycles. The SMILES string of the molecule is CCC(CC=N)C(=O)c1cc2ccccc2[nH]1. The van der Waals surface area contributed by atoms with Crippen LogP contribution in [0.25, 0.3) is 10.9 Å². The predicted octanol–water partition coefficient (Wildman–Crippen LogP) is 3.42. The molecule has 0 radical (unpaired) electrons. The lowest BCUT2D eigenvalue weighted by Gasteiger charge is -2.08. The second-order valence-electron chi connectivity index (χ2n) is 4.18. The molecule has 3 heteroatoms. The van der Waals surface area contributed by atoms with Crippen molar-refractivity contribution >= 4 is 22.9 Å². The summed E-state index contributed by atoms with van der Waals surface area (Å²) in [6.45, 7) is 1.98. The minimum absolute atomic E-state index is 0.0828. The van der Waals surface area contributed by atoms with Gasteiger partial charge in [0.15, 0.2) is 5.78 Å². The second-order valence-corrected chi connectivity index (χ2v) is 4.18. The molecule has 0 saturated carbocycles. The molecule has 0 bridgehead atoms. The van der Waals surface area contributed by atoms with Crippen molar-refractivity contribution in [3.8, 4) is 0 Å². The van der Waals surface area contributed by atoms with Gasteiger partial charge in [0.25, 0.3) is 0 Å². The van der Waals surface area contributed by atoms with Crippen LogP contribution >= 0.6 is 0 Å². The van der Waals surface area contributed by atoms with Crippen molar-refractivity contribution in [2.75, 3.05) is 0 Å². The molecule has 17 heavy (non-hydrogen) atoms. The first-order chi connectivity index (χ1) is 8.26. The lowest BCUT2D eigenvalue weighted by molar-refractivity contribution is 0.0916. The van der Waals surface area contributed by atoms with E-state index in [-0.39, 0.29) is 11.7 Å². The maximum absolute atomic E-state index is 12.2. The Balaban J connectivity index is 2.32. The van der Waals surface area contributed by atoms with E-state index in [0.29, 0.717) is 12.1 Å². The number of benzene rings is 1. The summed E-state index contributed by atoms with van der Waals surface area (Å²) in [6, 6.07) is 9.75. The first-order valence-corrected chi connectivity index (χ1v) is 5.87. The highest BCUT2D eigenvalue weighted by Gasteiger charge is 2.18. The Bertz CT molecular complexity index is 509. The van der Waals surface area contributed by atoms with Gasteiger partial charge in [0, 0.05) is 16.8 Å². The number of fused-ring (bicyclic) bond motifs is 1. The zero-order valence-electron chi connectivity index (χ0n) is 9.86. The molecular weight excluding hydrogens is 212 g/mol. The maximum Gasteiger partial charge on any atom is 0.182 e. The predicted molar refractivity (Wildman–Crippen MR) is 69.8 cm³/mol. The van der Waals surface area contributed by atoms with Crippen molar-refractivity contribution < 1.29 is 4.79 Å². The third-order valence-corrected chi connectivity index (χ3v) is 3.06. The maximum atomic E-state index is 12.2. The van der Waals surface area contributed by atoms with Crippen LogP contribution in [0, 0.1) is 11.3 Å². The number of hydrogen-bond donors (Lipinski definition) is 2. The standard InChI is InChI=1S/C14H16N2O/c1-2-10(7-8-15)14(17)13-9-11-5-3-4-6-12(11)16-13/h3-6,8-10,15-16H,2,7H2,1H3. The summed E-state index contributed by atoms with van der Waals surface area (Å²) in [5.41, 5.74) is 1.64. The second kappa shape index (κ2) is 4.95. The van der Waals surface area contributed by atoms with Gasteiger partial charge in [-0.15, -0.1) is 0 Å². The van der Waals surface area contributed by atoms with Gasteiger partial charge < -0.3 is 10.4 Å². The van der Waals surface area contributed by atoms with Crippen LogP contribution in [-0.4, -0.2) is 17.0 Å². The zero-order valence-corrected chi connectivity index (χ0v) is 9.86. The van der Waals surface area contributed by atoms with Gasteiger partial charge in [0.1, 0.15) is 0 Å². The van der Waals surface area contributed by atoms with Crippen molar-refractivity contribution in [3.05, 3.63) is 36.0 Å². The van der Waals surface area contributed by atoms with E-state index in [0.717, 1.165) is 17.3 Å². The fourth-order valence-corrected chi connectivity index (χ4v) is 2.03. The molecule has 88 valence electrons. The van der Waals surface area contributed by atoms with Crippen LogP contribution in [-0.2, 0) is 0 Å². The summed E-state index contributed by atoms with van der Waals surface area (Å²) in [4.78, 5) is 15.3. The van der Waals surface area contributed by atoms with Gasteiger partial charge in [-0.2, -0.15) is 0 Å². The van der Waals surface area contributed by atoms with Gasteiger partial charge in [-0.3, -0.25) is 4.79 Å². The molecule has 2 aromatic rings. The number of carbonyl (C=O) groups is 1. The molecule has 1 aromatic heterocycles. The Labute approximate surface area is 100 Å². The van der Waals surface area contributed by atoms with Crippen LogP contribution in [0.3, 0.4) is 0 Å². The summed E-state index contributed by atoms with van der Waals surface area (Å²) in [5, 5.41) is 8.17.